The lowest BCUT2D eigenvalue weighted by Gasteiger charge is -2.11. The smallest absolute Gasteiger partial charge is 0.339 e. The van der Waals surface area contributed by atoms with E-state index in [2.05, 4.69) is 15.8 Å². The molecule has 0 unspecified atom stereocenters. The van der Waals surface area contributed by atoms with Crippen molar-refractivity contribution in [3.05, 3.63) is 77.1 Å². The highest BCUT2D eigenvalue weighted by Gasteiger charge is 2.12. The van der Waals surface area contributed by atoms with Crippen molar-refractivity contribution in [1.82, 2.24) is 9.99 Å². The zero-order valence-electron chi connectivity index (χ0n) is 18.5. The number of anilines is 1. The van der Waals surface area contributed by atoms with Crippen LogP contribution < -0.4 is 15.5 Å². The molecule has 0 saturated carbocycles. The molecule has 2 amide bonds. The number of methoxy groups -OCH3 is 1. The van der Waals surface area contributed by atoms with Crippen LogP contribution in [-0.2, 0) is 4.74 Å². The number of aromatic nitrogens is 1. The van der Waals surface area contributed by atoms with Gasteiger partial charge in [0.15, 0.2) is 0 Å². The van der Waals surface area contributed by atoms with Crippen molar-refractivity contribution in [2.45, 2.75) is 20.8 Å². The van der Waals surface area contributed by atoms with E-state index < -0.39 is 6.03 Å². The maximum atomic E-state index is 12.1. The molecule has 0 aliphatic carbocycles. The minimum Gasteiger partial charge on any atom is -0.497 e. The van der Waals surface area contributed by atoms with Gasteiger partial charge in [0.25, 0.3) is 0 Å². The van der Waals surface area contributed by atoms with E-state index in [-0.39, 0.29) is 5.97 Å². The number of carbonyl (C=O) groups is 2. The molecule has 8 heteroatoms. The minimum absolute atomic E-state index is 0.324. The van der Waals surface area contributed by atoms with Crippen LogP contribution in [0, 0.1) is 13.8 Å². The Hall–Kier alpha value is -4.07. The van der Waals surface area contributed by atoms with Gasteiger partial charge in [0.1, 0.15) is 5.75 Å². The SMILES string of the molecule is CCOC(=O)c1cccc(-n2c(C)cc(/C=N/NC(=O)Nc3ccc(OC)cc3)c2C)c1. The van der Waals surface area contributed by atoms with Crippen LogP contribution in [0.1, 0.15) is 34.2 Å². The summed E-state index contributed by atoms with van der Waals surface area (Å²) in [6.45, 7) is 6.01. The second-order valence-electron chi connectivity index (χ2n) is 6.99. The molecule has 0 aliphatic rings. The summed E-state index contributed by atoms with van der Waals surface area (Å²) in [5.41, 5.74) is 7.14. The molecule has 3 aromatic rings. The third-order valence-corrected chi connectivity index (χ3v) is 4.80. The van der Waals surface area contributed by atoms with Crippen LogP contribution >= 0.6 is 0 Å². The van der Waals surface area contributed by atoms with Gasteiger partial charge in [-0.3, -0.25) is 0 Å². The number of esters is 1. The van der Waals surface area contributed by atoms with Crippen molar-refractivity contribution in [2.75, 3.05) is 19.0 Å². The molecule has 32 heavy (non-hydrogen) atoms. The molecule has 3 rings (SSSR count). The molecule has 0 atom stereocenters. The van der Waals surface area contributed by atoms with Crippen molar-refractivity contribution in [3.8, 4) is 11.4 Å². The highest BCUT2D eigenvalue weighted by Crippen LogP contribution is 2.21. The first-order valence-corrected chi connectivity index (χ1v) is 10.1. The summed E-state index contributed by atoms with van der Waals surface area (Å²) in [5.74, 6) is 0.350. The first kappa shape index (κ1) is 22.6. The third kappa shape index (κ3) is 5.34. The molecule has 0 bridgehead atoms. The predicted molar refractivity (Wildman–Crippen MR) is 124 cm³/mol. The van der Waals surface area contributed by atoms with Crippen LogP contribution in [0.25, 0.3) is 5.69 Å². The van der Waals surface area contributed by atoms with Gasteiger partial charge in [-0.15, -0.1) is 0 Å². The average molecular weight is 434 g/mol. The lowest BCUT2D eigenvalue weighted by atomic mass is 10.2. The van der Waals surface area contributed by atoms with Crippen molar-refractivity contribution >= 4 is 23.9 Å². The van der Waals surface area contributed by atoms with Gasteiger partial charge in [-0.2, -0.15) is 5.10 Å². The van der Waals surface area contributed by atoms with Crippen molar-refractivity contribution in [3.63, 3.8) is 0 Å². The maximum Gasteiger partial charge on any atom is 0.339 e. The number of hydrazone groups is 1. The number of ether oxygens (including phenoxy) is 2. The highest BCUT2D eigenvalue weighted by atomic mass is 16.5. The van der Waals surface area contributed by atoms with E-state index in [0.717, 1.165) is 22.6 Å². The summed E-state index contributed by atoms with van der Waals surface area (Å²) in [6.07, 6.45) is 1.58. The molecule has 0 aliphatic heterocycles. The number of urea groups is 1. The Kier molecular flexibility index (Phi) is 7.28. The van der Waals surface area contributed by atoms with Gasteiger partial charge >= 0.3 is 12.0 Å². The van der Waals surface area contributed by atoms with E-state index >= 15 is 0 Å². The number of hydrogen-bond donors (Lipinski definition) is 2. The number of nitrogens with one attached hydrogen (secondary N) is 2. The van der Waals surface area contributed by atoms with Crippen LogP contribution in [0.15, 0.2) is 59.7 Å². The van der Waals surface area contributed by atoms with Crippen LogP contribution in [0.4, 0.5) is 10.5 Å². The quantitative estimate of drug-likeness (QED) is 0.327. The summed E-state index contributed by atoms with van der Waals surface area (Å²) in [4.78, 5) is 24.1. The Morgan fingerprint density at radius 1 is 1.09 bits per heavy atom. The van der Waals surface area contributed by atoms with Crippen LogP contribution in [0.3, 0.4) is 0 Å². The number of hydrogen-bond acceptors (Lipinski definition) is 5. The zero-order chi connectivity index (χ0) is 23.1. The van der Waals surface area contributed by atoms with E-state index in [0.29, 0.717) is 23.6 Å². The lowest BCUT2D eigenvalue weighted by Crippen LogP contribution is -2.24. The second kappa shape index (κ2) is 10.3. The number of rotatable bonds is 7. The van der Waals surface area contributed by atoms with E-state index in [1.807, 2.05) is 36.6 Å². The van der Waals surface area contributed by atoms with Crippen LogP contribution in [0.2, 0.25) is 0 Å². The monoisotopic (exact) mass is 434 g/mol. The zero-order valence-corrected chi connectivity index (χ0v) is 18.5. The molecule has 8 nitrogen and oxygen atoms in total. The molecular formula is C24H26N4O4. The molecule has 166 valence electrons. The summed E-state index contributed by atoms with van der Waals surface area (Å²) in [6, 6.07) is 15.7. The number of amides is 2. The standard InChI is InChI=1S/C24H26N4O4/c1-5-32-23(29)18-7-6-8-21(14-18)28-16(2)13-19(17(28)3)15-25-27-24(30)26-20-9-11-22(31-4)12-10-20/h6-15H,5H2,1-4H3,(H2,26,27,30)/b25-15+. The molecule has 1 heterocycles. The van der Waals surface area contributed by atoms with Crippen LogP contribution in [-0.4, -0.2) is 36.5 Å². The second-order valence-corrected chi connectivity index (χ2v) is 6.99. The van der Waals surface area contributed by atoms with Crippen molar-refractivity contribution < 1.29 is 19.1 Å². The molecule has 2 N–H and O–H groups in total. The summed E-state index contributed by atoms with van der Waals surface area (Å²) < 4.78 is 12.2. The predicted octanol–water partition coefficient (Wildman–Crippen LogP) is 4.44. The fourth-order valence-corrected chi connectivity index (χ4v) is 3.30. The Bertz CT molecular complexity index is 1130. The van der Waals surface area contributed by atoms with Gasteiger partial charge in [-0.05, 0) is 69.3 Å². The van der Waals surface area contributed by atoms with Gasteiger partial charge < -0.3 is 19.4 Å². The van der Waals surface area contributed by atoms with Crippen LogP contribution in [0.5, 0.6) is 5.75 Å². The van der Waals surface area contributed by atoms with Gasteiger partial charge in [-0.25, -0.2) is 15.0 Å². The minimum atomic E-state index is -0.456. The van der Waals surface area contributed by atoms with Crippen molar-refractivity contribution in [2.24, 2.45) is 5.10 Å². The third-order valence-electron chi connectivity index (χ3n) is 4.80. The Morgan fingerprint density at radius 2 is 1.84 bits per heavy atom. The Labute approximate surface area is 186 Å². The van der Waals surface area contributed by atoms with E-state index in [1.54, 1.807) is 56.6 Å². The van der Waals surface area contributed by atoms with Gasteiger partial charge in [0, 0.05) is 28.3 Å². The first-order valence-electron chi connectivity index (χ1n) is 10.1. The molecular weight excluding hydrogens is 408 g/mol. The first-order chi connectivity index (χ1) is 15.4. The summed E-state index contributed by atoms with van der Waals surface area (Å²) in [7, 11) is 1.58. The molecule has 0 saturated heterocycles. The fourth-order valence-electron chi connectivity index (χ4n) is 3.30. The summed E-state index contributed by atoms with van der Waals surface area (Å²) >= 11 is 0. The summed E-state index contributed by atoms with van der Waals surface area (Å²) in [5, 5.41) is 6.75. The fraction of sp³-hybridized carbons (Fsp3) is 0.208. The number of benzene rings is 2. The number of aryl methyl sites for hydroxylation is 1. The van der Waals surface area contributed by atoms with Gasteiger partial charge in [-0.1, -0.05) is 6.07 Å². The molecule has 0 spiro atoms. The topological polar surface area (TPSA) is 94.0 Å². The Morgan fingerprint density at radius 3 is 2.53 bits per heavy atom. The number of carbonyl (C=O) groups excluding carboxylic acids is 2. The van der Waals surface area contributed by atoms with Gasteiger partial charge in [0.05, 0.1) is 25.5 Å². The van der Waals surface area contributed by atoms with Gasteiger partial charge in [0.2, 0.25) is 0 Å². The maximum absolute atomic E-state index is 12.1. The molecule has 0 radical (unpaired) electrons. The van der Waals surface area contributed by atoms with E-state index in [1.165, 1.54) is 0 Å². The highest BCUT2D eigenvalue weighted by molar-refractivity contribution is 5.91. The normalized spacial score (nSPS) is 10.8. The number of nitrogens with zero attached hydrogens (tertiary/aromatic N) is 2. The van der Waals surface area contributed by atoms with E-state index in [9.17, 15) is 9.59 Å². The average Bonchev–Trinajstić information content (AvgIpc) is 3.07. The van der Waals surface area contributed by atoms with E-state index in [4.69, 9.17) is 9.47 Å². The molecule has 0 fully saturated rings. The molecule has 1 aromatic heterocycles. The Balaban J connectivity index is 1.70. The molecule has 2 aromatic carbocycles. The van der Waals surface area contributed by atoms with Crippen molar-refractivity contribution in [1.29, 1.82) is 0 Å². The lowest BCUT2D eigenvalue weighted by molar-refractivity contribution is 0.0526. The largest absolute Gasteiger partial charge is 0.497 e.